The third-order valence-corrected chi connectivity index (χ3v) is 7.34. The molecular weight excluding hydrogens is 508 g/mol. The number of benzene rings is 2. The fourth-order valence-electron chi connectivity index (χ4n) is 4.82. The van der Waals surface area contributed by atoms with Crippen LogP contribution in [0, 0.1) is 5.41 Å². The van der Waals surface area contributed by atoms with Crippen LogP contribution in [0.25, 0.3) is 10.8 Å². The highest BCUT2D eigenvalue weighted by Crippen LogP contribution is 2.26. The first-order valence-electron chi connectivity index (χ1n) is 14.1. The van der Waals surface area contributed by atoms with Gasteiger partial charge in [0.1, 0.15) is 12.1 Å². The van der Waals surface area contributed by atoms with E-state index in [9.17, 15) is 19.5 Å². The SMILES string of the molecule is COC(C)(C)CNCC(O)CNC(=O)[C@@H](Cc1ccc2ccccc2c1)NC(=O)C1CCCN1C(=O)C(C)(C)C. The lowest BCUT2D eigenvalue weighted by molar-refractivity contribution is -0.145. The summed E-state index contributed by atoms with van der Waals surface area (Å²) in [5.41, 5.74) is -0.0779. The van der Waals surface area contributed by atoms with Crippen molar-refractivity contribution in [1.82, 2.24) is 20.9 Å². The minimum atomic E-state index is -0.867. The van der Waals surface area contributed by atoms with E-state index in [1.54, 1.807) is 12.0 Å². The van der Waals surface area contributed by atoms with Gasteiger partial charge < -0.3 is 30.7 Å². The number of likely N-dealkylation sites (tertiary alicyclic amines) is 1. The average Bonchev–Trinajstić information content (AvgIpc) is 3.40. The van der Waals surface area contributed by atoms with E-state index in [4.69, 9.17) is 4.74 Å². The molecule has 2 aromatic rings. The molecule has 0 spiro atoms. The van der Waals surface area contributed by atoms with E-state index in [0.717, 1.165) is 22.8 Å². The maximum absolute atomic E-state index is 13.5. The standard InChI is InChI=1S/C31H46N4O5/c1-30(2,3)29(39)35-15-9-12-26(35)28(38)34-25(17-21-13-14-22-10-7-8-11-23(22)16-21)27(37)33-19-24(36)18-32-20-31(4,5)40-6/h7-8,10-11,13-14,16,24-26,32,36H,9,12,15,17-20H2,1-6H3,(H,33,37)(H,34,38)/t24?,25-,26?/m1/s1. The molecule has 1 aliphatic rings. The average molecular weight is 555 g/mol. The van der Waals surface area contributed by atoms with Crippen molar-refractivity contribution in [3.8, 4) is 0 Å². The van der Waals surface area contributed by atoms with Crippen molar-refractivity contribution < 1.29 is 24.2 Å². The number of amides is 3. The number of hydrogen-bond donors (Lipinski definition) is 4. The summed E-state index contributed by atoms with van der Waals surface area (Å²) in [4.78, 5) is 41.4. The van der Waals surface area contributed by atoms with Crippen LogP contribution in [-0.4, -0.2) is 84.8 Å². The maximum atomic E-state index is 13.5. The molecule has 0 bridgehead atoms. The number of carbonyl (C=O) groups excluding carboxylic acids is 3. The van der Waals surface area contributed by atoms with Gasteiger partial charge in [-0.1, -0.05) is 63.2 Å². The first-order chi connectivity index (χ1) is 18.8. The molecule has 0 aliphatic carbocycles. The van der Waals surface area contributed by atoms with Gasteiger partial charge >= 0.3 is 0 Å². The number of rotatable bonds is 12. The van der Waals surface area contributed by atoms with Crippen LogP contribution < -0.4 is 16.0 Å². The Hall–Kier alpha value is -3.01. The normalized spacial score (nSPS) is 17.5. The highest BCUT2D eigenvalue weighted by molar-refractivity contribution is 5.93. The molecule has 2 aromatic carbocycles. The maximum Gasteiger partial charge on any atom is 0.243 e. The molecule has 9 nitrogen and oxygen atoms in total. The Morgan fingerprint density at radius 1 is 1.05 bits per heavy atom. The molecule has 0 saturated carbocycles. The van der Waals surface area contributed by atoms with Gasteiger partial charge in [0.05, 0.1) is 11.7 Å². The predicted molar refractivity (Wildman–Crippen MR) is 157 cm³/mol. The molecule has 3 rings (SSSR count). The van der Waals surface area contributed by atoms with Gasteiger partial charge in [-0.3, -0.25) is 14.4 Å². The van der Waals surface area contributed by atoms with Crippen LogP contribution in [0.15, 0.2) is 42.5 Å². The lowest BCUT2D eigenvalue weighted by Gasteiger charge is -2.31. The molecule has 2 unspecified atom stereocenters. The molecule has 1 heterocycles. The minimum Gasteiger partial charge on any atom is -0.390 e. The van der Waals surface area contributed by atoms with Crippen LogP contribution in [0.4, 0.5) is 0 Å². The van der Waals surface area contributed by atoms with Crippen molar-refractivity contribution >= 4 is 28.5 Å². The Bertz CT molecular complexity index is 1180. The fourth-order valence-corrected chi connectivity index (χ4v) is 4.82. The number of ether oxygens (including phenoxy) is 1. The molecule has 4 N–H and O–H groups in total. The molecule has 1 fully saturated rings. The van der Waals surface area contributed by atoms with Crippen molar-refractivity contribution in [2.24, 2.45) is 5.41 Å². The van der Waals surface area contributed by atoms with E-state index in [2.05, 4.69) is 16.0 Å². The van der Waals surface area contributed by atoms with Gasteiger partial charge in [0, 0.05) is 45.1 Å². The number of carbonyl (C=O) groups is 3. The van der Waals surface area contributed by atoms with E-state index in [0.29, 0.717) is 19.5 Å². The first-order valence-corrected chi connectivity index (χ1v) is 14.1. The van der Waals surface area contributed by atoms with E-state index in [1.165, 1.54) is 0 Å². The number of aliphatic hydroxyl groups excluding tert-OH is 1. The summed E-state index contributed by atoms with van der Waals surface area (Å²) in [6.07, 6.45) is 0.753. The van der Waals surface area contributed by atoms with Gasteiger partial charge in [0.2, 0.25) is 17.7 Å². The minimum absolute atomic E-state index is 0.0292. The first kappa shape index (κ1) is 31.5. The lowest BCUT2D eigenvalue weighted by atomic mass is 9.94. The Kier molecular flexibility index (Phi) is 10.7. The van der Waals surface area contributed by atoms with E-state index >= 15 is 0 Å². The summed E-state index contributed by atoms with van der Waals surface area (Å²) < 4.78 is 5.37. The largest absolute Gasteiger partial charge is 0.390 e. The molecule has 3 amide bonds. The van der Waals surface area contributed by atoms with Crippen molar-refractivity contribution in [3.05, 3.63) is 48.0 Å². The molecule has 0 aromatic heterocycles. The highest BCUT2D eigenvalue weighted by Gasteiger charge is 2.39. The fraction of sp³-hybridized carbons (Fsp3) is 0.581. The van der Waals surface area contributed by atoms with Gasteiger partial charge in [-0.05, 0) is 43.0 Å². The van der Waals surface area contributed by atoms with Gasteiger partial charge in [-0.25, -0.2) is 0 Å². The van der Waals surface area contributed by atoms with E-state index < -0.39 is 23.6 Å². The molecule has 1 saturated heterocycles. The monoisotopic (exact) mass is 554 g/mol. The summed E-state index contributed by atoms with van der Waals surface area (Å²) in [5.74, 6) is -0.794. The second-order valence-electron chi connectivity index (χ2n) is 12.3. The predicted octanol–water partition coefficient (Wildman–Crippen LogP) is 2.40. The summed E-state index contributed by atoms with van der Waals surface area (Å²) in [5, 5.41) is 21.4. The van der Waals surface area contributed by atoms with Crippen molar-refractivity contribution in [1.29, 1.82) is 0 Å². The number of methoxy groups -OCH3 is 1. The topological polar surface area (TPSA) is 120 Å². The Balaban J connectivity index is 1.71. The summed E-state index contributed by atoms with van der Waals surface area (Å²) in [7, 11) is 1.63. The molecule has 3 atom stereocenters. The van der Waals surface area contributed by atoms with Crippen LogP contribution in [0.2, 0.25) is 0 Å². The van der Waals surface area contributed by atoms with Crippen LogP contribution in [-0.2, 0) is 25.5 Å². The van der Waals surface area contributed by atoms with Crippen LogP contribution in [0.1, 0.15) is 53.0 Å². The third-order valence-electron chi connectivity index (χ3n) is 7.34. The number of nitrogens with one attached hydrogen (secondary N) is 3. The third kappa shape index (κ3) is 8.74. The Morgan fingerprint density at radius 2 is 1.75 bits per heavy atom. The van der Waals surface area contributed by atoms with Crippen molar-refractivity contribution in [2.75, 3.05) is 33.3 Å². The number of aliphatic hydroxyl groups is 1. The van der Waals surface area contributed by atoms with Crippen LogP contribution >= 0.6 is 0 Å². The lowest BCUT2D eigenvalue weighted by Crippen LogP contribution is -2.55. The van der Waals surface area contributed by atoms with Gasteiger partial charge in [0.15, 0.2) is 0 Å². The number of fused-ring (bicyclic) bond motifs is 1. The second kappa shape index (κ2) is 13.6. The molecule has 0 radical (unpaired) electrons. The molecule has 220 valence electrons. The zero-order valence-corrected chi connectivity index (χ0v) is 24.8. The zero-order chi connectivity index (χ0) is 29.5. The second-order valence-corrected chi connectivity index (χ2v) is 12.3. The van der Waals surface area contributed by atoms with Gasteiger partial charge in [0.25, 0.3) is 0 Å². The summed E-state index contributed by atoms with van der Waals surface area (Å²) >= 11 is 0. The van der Waals surface area contributed by atoms with Crippen molar-refractivity contribution in [3.63, 3.8) is 0 Å². The van der Waals surface area contributed by atoms with Crippen LogP contribution in [0.5, 0.6) is 0 Å². The van der Waals surface area contributed by atoms with E-state index in [1.807, 2.05) is 77.1 Å². The van der Waals surface area contributed by atoms with Gasteiger partial charge in [-0.2, -0.15) is 0 Å². The van der Waals surface area contributed by atoms with Crippen molar-refractivity contribution in [2.45, 2.75) is 77.7 Å². The van der Waals surface area contributed by atoms with E-state index in [-0.39, 0.29) is 42.8 Å². The molecule has 40 heavy (non-hydrogen) atoms. The zero-order valence-electron chi connectivity index (χ0n) is 24.8. The molecular formula is C31H46N4O5. The highest BCUT2D eigenvalue weighted by atomic mass is 16.5. The molecule has 9 heteroatoms. The Morgan fingerprint density at radius 3 is 2.42 bits per heavy atom. The summed E-state index contributed by atoms with van der Waals surface area (Å²) in [6.45, 7) is 10.8. The quantitative estimate of drug-likeness (QED) is 0.320. The number of nitrogens with zero attached hydrogens (tertiary/aromatic N) is 1. The Labute approximate surface area is 238 Å². The summed E-state index contributed by atoms with van der Waals surface area (Å²) in [6, 6.07) is 12.5. The smallest absolute Gasteiger partial charge is 0.243 e. The molecule has 1 aliphatic heterocycles. The van der Waals surface area contributed by atoms with Gasteiger partial charge in [-0.15, -0.1) is 0 Å². The number of hydrogen-bond acceptors (Lipinski definition) is 6. The van der Waals surface area contributed by atoms with Crippen LogP contribution in [0.3, 0.4) is 0 Å².